The van der Waals surface area contributed by atoms with Gasteiger partial charge in [-0.3, -0.25) is 9.78 Å². The molecule has 0 bridgehead atoms. The molecule has 0 unspecified atom stereocenters. The van der Waals surface area contributed by atoms with Gasteiger partial charge in [-0.15, -0.1) is 0 Å². The smallest absolute Gasteiger partial charge is 0.251 e. The summed E-state index contributed by atoms with van der Waals surface area (Å²) < 4.78 is 2.26. The zero-order valence-electron chi connectivity index (χ0n) is 17.1. The highest BCUT2D eigenvalue weighted by Gasteiger charge is 2.17. The predicted molar refractivity (Wildman–Crippen MR) is 114 cm³/mol. The standard InChI is InChI=1S/C23H28N4O/c1-5-6-12-27-13-10-18-20(26-11-9-21(18)27)14-19(24)22-15(2)7-8-17(16(22)3)23(28)25-4/h7-11,13,24H,5-6,12,14H2,1-4H3,(H,25,28). The number of aromatic nitrogens is 2. The molecule has 0 radical (unpaired) electrons. The minimum Gasteiger partial charge on any atom is -0.355 e. The Hall–Kier alpha value is -2.95. The first kappa shape index (κ1) is 19.8. The van der Waals surface area contributed by atoms with E-state index in [4.69, 9.17) is 5.41 Å². The van der Waals surface area contributed by atoms with Gasteiger partial charge in [0, 0.05) is 54.6 Å². The number of carbonyl (C=O) groups is 1. The van der Waals surface area contributed by atoms with Crippen molar-refractivity contribution in [3.63, 3.8) is 0 Å². The van der Waals surface area contributed by atoms with Crippen LogP contribution in [0.5, 0.6) is 0 Å². The number of aryl methyl sites for hydroxylation is 2. The Balaban J connectivity index is 1.96. The Labute approximate surface area is 166 Å². The molecule has 0 atom stereocenters. The summed E-state index contributed by atoms with van der Waals surface area (Å²) in [5.74, 6) is -0.125. The van der Waals surface area contributed by atoms with Gasteiger partial charge in [0.15, 0.2) is 0 Å². The van der Waals surface area contributed by atoms with Crippen LogP contribution in [-0.2, 0) is 13.0 Å². The van der Waals surface area contributed by atoms with Crippen molar-refractivity contribution in [1.29, 1.82) is 5.41 Å². The molecule has 146 valence electrons. The highest BCUT2D eigenvalue weighted by molar-refractivity contribution is 6.06. The van der Waals surface area contributed by atoms with E-state index in [2.05, 4.69) is 34.1 Å². The zero-order valence-corrected chi connectivity index (χ0v) is 17.1. The number of fused-ring (bicyclic) bond motifs is 1. The molecule has 0 aliphatic heterocycles. The van der Waals surface area contributed by atoms with Gasteiger partial charge in [0.1, 0.15) is 0 Å². The number of nitrogens with one attached hydrogen (secondary N) is 2. The van der Waals surface area contributed by atoms with Gasteiger partial charge in [0.25, 0.3) is 5.91 Å². The van der Waals surface area contributed by atoms with Crippen molar-refractivity contribution in [2.45, 2.75) is 46.6 Å². The number of unbranched alkanes of at least 4 members (excludes halogenated alkanes) is 1. The van der Waals surface area contributed by atoms with Crippen molar-refractivity contribution in [3.8, 4) is 0 Å². The summed E-state index contributed by atoms with van der Waals surface area (Å²) in [5, 5.41) is 12.5. The maximum atomic E-state index is 12.1. The molecule has 2 aromatic heterocycles. The average Bonchev–Trinajstić information content (AvgIpc) is 3.10. The Morgan fingerprint density at radius 2 is 2.00 bits per heavy atom. The number of hydrogen-bond acceptors (Lipinski definition) is 3. The Morgan fingerprint density at radius 3 is 2.71 bits per heavy atom. The molecule has 5 heteroatoms. The highest BCUT2D eigenvalue weighted by Crippen LogP contribution is 2.24. The number of rotatable bonds is 7. The lowest BCUT2D eigenvalue weighted by atomic mass is 9.91. The van der Waals surface area contributed by atoms with Gasteiger partial charge in [0.05, 0.1) is 11.2 Å². The minimum atomic E-state index is -0.125. The van der Waals surface area contributed by atoms with Crippen LogP contribution >= 0.6 is 0 Å². The van der Waals surface area contributed by atoms with Crippen molar-refractivity contribution < 1.29 is 4.79 Å². The number of pyridine rings is 1. The second kappa shape index (κ2) is 8.38. The summed E-state index contributed by atoms with van der Waals surface area (Å²) in [6, 6.07) is 7.88. The van der Waals surface area contributed by atoms with E-state index in [0.717, 1.165) is 47.2 Å². The second-order valence-electron chi connectivity index (χ2n) is 7.22. The number of carbonyl (C=O) groups excluding carboxylic acids is 1. The molecule has 0 spiro atoms. The van der Waals surface area contributed by atoms with Gasteiger partial charge in [-0.2, -0.15) is 0 Å². The summed E-state index contributed by atoms with van der Waals surface area (Å²) in [6.07, 6.45) is 6.67. The Bertz CT molecular complexity index is 1030. The van der Waals surface area contributed by atoms with Crippen molar-refractivity contribution in [3.05, 3.63) is 64.6 Å². The van der Waals surface area contributed by atoms with Crippen LogP contribution in [0.3, 0.4) is 0 Å². The molecule has 28 heavy (non-hydrogen) atoms. The van der Waals surface area contributed by atoms with Crippen LogP contribution in [0.15, 0.2) is 36.7 Å². The van der Waals surface area contributed by atoms with E-state index in [1.807, 2.05) is 38.2 Å². The largest absolute Gasteiger partial charge is 0.355 e. The van der Waals surface area contributed by atoms with Crippen LogP contribution in [0, 0.1) is 19.3 Å². The minimum absolute atomic E-state index is 0.125. The second-order valence-corrected chi connectivity index (χ2v) is 7.22. The van der Waals surface area contributed by atoms with E-state index in [9.17, 15) is 4.79 Å². The van der Waals surface area contributed by atoms with Crippen molar-refractivity contribution in [1.82, 2.24) is 14.9 Å². The number of nitrogens with zero attached hydrogens (tertiary/aromatic N) is 2. The fourth-order valence-electron chi connectivity index (χ4n) is 3.79. The summed E-state index contributed by atoms with van der Waals surface area (Å²) in [7, 11) is 1.63. The third kappa shape index (κ3) is 3.70. The highest BCUT2D eigenvalue weighted by atomic mass is 16.1. The molecular weight excluding hydrogens is 348 g/mol. The Morgan fingerprint density at radius 1 is 1.21 bits per heavy atom. The first-order chi connectivity index (χ1) is 13.5. The van der Waals surface area contributed by atoms with Crippen LogP contribution in [0.25, 0.3) is 10.9 Å². The SMILES string of the molecule is CCCCn1ccc2c(CC(=N)c3c(C)ccc(C(=O)NC)c3C)nccc21. The lowest BCUT2D eigenvalue weighted by molar-refractivity contribution is 0.0962. The Kier molecular flexibility index (Phi) is 5.93. The van der Waals surface area contributed by atoms with Crippen LogP contribution in [0.4, 0.5) is 0 Å². The van der Waals surface area contributed by atoms with E-state index in [1.165, 1.54) is 5.52 Å². The molecule has 0 aliphatic carbocycles. The summed E-state index contributed by atoms with van der Waals surface area (Å²) in [5.41, 5.74) is 5.86. The maximum absolute atomic E-state index is 12.1. The fraction of sp³-hybridized carbons (Fsp3) is 0.348. The molecule has 2 N–H and O–H groups in total. The van der Waals surface area contributed by atoms with Crippen molar-refractivity contribution >= 4 is 22.5 Å². The van der Waals surface area contributed by atoms with E-state index >= 15 is 0 Å². The molecule has 0 aliphatic rings. The lowest BCUT2D eigenvalue weighted by Gasteiger charge is -2.15. The van der Waals surface area contributed by atoms with Gasteiger partial charge in [-0.1, -0.05) is 19.4 Å². The number of hydrogen-bond donors (Lipinski definition) is 2. The molecule has 0 saturated carbocycles. The monoisotopic (exact) mass is 376 g/mol. The first-order valence-electron chi connectivity index (χ1n) is 9.80. The topological polar surface area (TPSA) is 70.8 Å². The summed E-state index contributed by atoms with van der Waals surface area (Å²) in [4.78, 5) is 16.7. The van der Waals surface area contributed by atoms with Crippen LogP contribution < -0.4 is 5.32 Å². The fourth-order valence-corrected chi connectivity index (χ4v) is 3.79. The van der Waals surface area contributed by atoms with Gasteiger partial charge in [0.2, 0.25) is 0 Å². The normalized spacial score (nSPS) is 11.0. The molecular formula is C23H28N4O. The molecule has 3 aromatic rings. The molecule has 1 aromatic carbocycles. The van der Waals surface area contributed by atoms with Gasteiger partial charge in [-0.25, -0.2) is 0 Å². The third-order valence-electron chi connectivity index (χ3n) is 5.32. The summed E-state index contributed by atoms with van der Waals surface area (Å²) >= 11 is 0. The van der Waals surface area contributed by atoms with Crippen molar-refractivity contribution in [2.24, 2.45) is 0 Å². The molecule has 0 fully saturated rings. The molecule has 1 amide bonds. The van der Waals surface area contributed by atoms with E-state index in [0.29, 0.717) is 17.7 Å². The molecule has 0 saturated heterocycles. The zero-order chi connectivity index (χ0) is 20.3. The molecule has 2 heterocycles. The average molecular weight is 377 g/mol. The maximum Gasteiger partial charge on any atom is 0.251 e. The third-order valence-corrected chi connectivity index (χ3v) is 5.32. The van der Waals surface area contributed by atoms with E-state index < -0.39 is 0 Å². The quantitative estimate of drug-likeness (QED) is 0.599. The van der Waals surface area contributed by atoms with Crippen LogP contribution in [0.1, 0.15) is 52.5 Å². The van der Waals surface area contributed by atoms with Crippen molar-refractivity contribution in [2.75, 3.05) is 7.05 Å². The molecule has 3 rings (SSSR count). The number of benzene rings is 1. The van der Waals surface area contributed by atoms with E-state index in [1.54, 1.807) is 7.05 Å². The van der Waals surface area contributed by atoms with E-state index in [-0.39, 0.29) is 5.91 Å². The molecule has 5 nitrogen and oxygen atoms in total. The first-order valence-corrected chi connectivity index (χ1v) is 9.80. The van der Waals surface area contributed by atoms with Crippen LogP contribution in [-0.4, -0.2) is 28.2 Å². The number of amides is 1. The van der Waals surface area contributed by atoms with Gasteiger partial charge in [-0.05, 0) is 49.6 Å². The van der Waals surface area contributed by atoms with Crippen LogP contribution in [0.2, 0.25) is 0 Å². The van der Waals surface area contributed by atoms with Gasteiger partial charge >= 0.3 is 0 Å². The summed E-state index contributed by atoms with van der Waals surface area (Å²) in [6.45, 7) is 7.08. The van der Waals surface area contributed by atoms with Gasteiger partial charge < -0.3 is 15.3 Å². The lowest BCUT2D eigenvalue weighted by Crippen LogP contribution is -2.21. The predicted octanol–water partition coefficient (Wildman–Crippen LogP) is 4.42.